The van der Waals surface area contributed by atoms with Gasteiger partial charge in [-0.1, -0.05) is 0 Å². The van der Waals surface area contributed by atoms with Crippen molar-refractivity contribution in [2.75, 3.05) is 23.9 Å². The van der Waals surface area contributed by atoms with Crippen molar-refractivity contribution < 1.29 is 0 Å². The van der Waals surface area contributed by atoms with Crippen molar-refractivity contribution in [2.24, 2.45) is 0 Å². The molecule has 1 aromatic heterocycles. The van der Waals surface area contributed by atoms with Crippen LogP contribution in [-0.2, 0) is 0 Å². The van der Waals surface area contributed by atoms with Crippen molar-refractivity contribution in [1.29, 1.82) is 0 Å². The zero-order valence-corrected chi connectivity index (χ0v) is 11.5. The first-order valence-corrected chi connectivity index (χ1v) is 7.90. The summed E-state index contributed by atoms with van der Waals surface area (Å²) in [7, 11) is 0. The zero-order chi connectivity index (χ0) is 11.9. The highest BCUT2D eigenvalue weighted by atomic mass is 32.2. The molecule has 2 rings (SSSR count). The summed E-state index contributed by atoms with van der Waals surface area (Å²) in [6, 6.07) is 8.48. The smallest absolute Gasteiger partial charge is 0.123 e. The molecule has 0 bridgehead atoms. The highest BCUT2D eigenvalue weighted by molar-refractivity contribution is 7.98. The van der Waals surface area contributed by atoms with Crippen LogP contribution in [0.3, 0.4) is 0 Å². The van der Waals surface area contributed by atoms with Gasteiger partial charge in [-0.2, -0.15) is 11.8 Å². The summed E-state index contributed by atoms with van der Waals surface area (Å²) in [6.45, 7) is 1.04. The predicted molar refractivity (Wildman–Crippen MR) is 79.0 cm³/mol. The van der Waals surface area contributed by atoms with Crippen LogP contribution >= 0.6 is 23.1 Å². The third-order valence-corrected chi connectivity index (χ3v) is 3.94. The van der Waals surface area contributed by atoms with Crippen molar-refractivity contribution in [1.82, 2.24) is 4.98 Å². The van der Waals surface area contributed by atoms with Gasteiger partial charge in [0.1, 0.15) is 5.01 Å². The minimum absolute atomic E-state index is 1.04. The number of aromatic nitrogens is 1. The molecule has 90 valence electrons. The molecule has 17 heavy (non-hydrogen) atoms. The summed E-state index contributed by atoms with van der Waals surface area (Å²) in [5, 5.41) is 6.51. The van der Waals surface area contributed by atoms with E-state index in [0.29, 0.717) is 0 Å². The Balaban J connectivity index is 1.90. The van der Waals surface area contributed by atoms with Gasteiger partial charge in [0.25, 0.3) is 0 Å². The Bertz CT molecular complexity index is 423. The van der Waals surface area contributed by atoms with Crippen LogP contribution in [0.4, 0.5) is 5.69 Å². The summed E-state index contributed by atoms with van der Waals surface area (Å²) in [6.07, 6.45) is 5.19. The van der Waals surface area contributed by atoms with Gasteiger partial charge >= 0.3 is 0 Å². The molecule has 0 spiro atoms. The van der Waals surface area contributed by atoms with Gasteiger partial charge in [0.05, 0.1) is 0 Å². The second-order valence-corrected chi connectivity index (χ2v) is 5.57. The summed E-state index contributed by atoms with van der Waals surface area (Å²) in [5.74, 6) is 1.21. The molecular formula is C13H16N2S2. The van der Waals surface area contributed by atoms with Gasteiger partial charge in [-0.05, 0) is 42.7 Å². The van der Waals surface area contributed by atoms with Gasteiger partial charge in [-0.3, -0.25) is 0 Å². The van der Waals surface area contributed by atoms with E-state index in [1.807, 2.05) is 23.3 Å². The standard InChI is InChI=1S/C13H16N2S2/c1-16-9-2-7-14-12-5-3-11(4-6-12)13-15-8-10-17-13/h3-6,8,10,14H,2,7,9H2,1H3. The molecular weight excluding hydrogens is 248 g/mol. The van der Waals surface area contributed by atoms with Gasteiger partial charge in [-0.25, -0.2) is 4.98 Å². The molecule has 0 atom stereocenters. The number of rotatable bonds is 6. The molecule has 0 saturated heterocycles. The van der Waals surface area contributed by atoms with Crippen molar-refractivity contribution in [2.45, 2.75) is 6.42 Å². The Labute approximate surface area is 110 Å². The molecule has 0 unspecified atom stereocenters. The van der Waals surface area contributed by atoms with Crippen LogP contribution in [0, 0.1) is 0 Å². The lowest BCUT2D eigenvalue weighted by Gasteiger charge is -2.06. The lowest BCUT2D eigenvalue weighted by Crippen LogP contribution is -2.02. The number of hydrogen-bond acceptors (Lipinski definition) is 4. The molecule has 0 fully saturated rings. The van der Waals surface area contributed by atoms with Crippen LogP contribution in [0.5, 0.6) is 0 Å². The molecule has 0 amide bonds. The number of anilines is 1. The summed E-state index contributed by atoms with van der Waals surface area (Å²) in [5.41, 5.74) is 2.38. The van der Waals surface area contributed by atoms with E-state index >= 15 is 0 Å². The van der Waals surface area contributed by atoms with Crippen LogP contribution in [0.25, 0.3) is 10.6 Å². The van der Waals surface area contributed by atoms with E-state index in [9.17, 15) is 0 Å². The van der Waals surface area contributed by atoms with E-state index in [2.05, 4.69) is 40.8 Å². The summed E-state index contributed by atoms with van der Waals surface area (Å²) >= 11 is 3.56. The zero-order valence-electron chi connectivity index (χ0n) is 9.85. The van der Waals surface area contributed by atoms with Gasteiger partial charge in [0.2, 0.25) is 0 Å². The fourth-order valence-electron chi connectivity index (χ4n) is 1.55. The van der Waals surface area contributed by atoms with Crippen LogP contribution in [0.1, 0.15) is 6.42 Å². The first kappa shape index (κ1) is 12.5. The Morgan fingerprint density at radius 2 is 2.12 bits per heavy atom. The van der Waals surface area contributed by atoms with Crippen LogP contribution in [0.2, 0.25) is 0 Å². The Morgan fingerprint density at radius 1 is 1.29 bits per heavy atom. The van der Waals surface area contributed by atoms with Gasteiger partial charge in [-0.15, -0.1) is 11.3 Å². The van der Waals surface area contributed by atoms with Gasteiger partial charge < -0.3 is 5.32 Å². The number of nitrogens with zero attached hydrogens (tertiary/aromatic N) is 1. The quantitative estimate of drug-likeness (QED) is 0.799. The Hall–Kier alpha value is -1.00. The fraction of sp³-hybridized carbons (Fsp3) is 0.308. The number of hydrogen-bond donors (Lipinski definition) is 1. The highest BCUT2D eigenvalue weighted by Gasteiger charge is 1.99. The number of benzene rings is 1. The number of nitrogens with one attached hydrogen (secondary N) is 1. The van der Waals surface area contributed by atoms with E-state index < -0.39 is 0 Å². The number of thioether (sulfide) groups is 1. The molecule has 4 heteroatoms. The predicted octanol–water partition coefficient (Wildman–Crippen LogP) is 3.98. The third-order valence-electron chi connectivity index (χ3n) is 2.42. The first-order chi connectivity index (χ1) is 8.40. The van der Waals surface area contributed by atoms with Crippen molar-refractivity contribution in [3.8, 4) is 10.6 Å². The van der Waals surface area contributed by atoms with Crippen molar-refractivity contribution in [3.05, 3.63) is 35.8 Å². The van der Waals surface area contributed by atoms with E-state index in [1.54, 1.807) is 11.3 Å². The first-order valence-electron chi connectivity index (χ1n) is 5.63. The molecule has 2 nitrogen and oxygen atoms in total. The van der Waals surface area contributed by atoms with E-state index in [0.717, 1.165) is 11.6 Å². The molecule has 0 aliphatic rings. The molecule has 2 aromatic rings. The minimum atomic E-state index is 1.04. The maximum Gasteiger partial charge on any atom is 0.123 e. The van der Waals surface area contributed by atoms with Crippen molar-refractivity contribution in [3.63, 3.8) is 0 Å². The van der Waals surface area contributed by atoms with E-state index in [4.69, 9.17) is 0 Å². The fourth-order valence-corrected chi connectivity index (χ4v) is 2.62. The van der Waals surface area contributed by atoms with Crippen LogP contribution in [0.15, 0.2) is 35.8 Å². The highest BCUT2D eigenvalue weighted by Crippen LogP contribution is 2.23. The van der Waals surface area contributed by atoms with E-state index in [-0.39, 0.29) is 0 Å². The molecule has 1 aromatic carbocycles. The lowest BCUT2D eigenvalue weighted by molar-refractivity contribution is 0.993. The molecule has 0 saturated carbocycles. The molecule has 0 aliphatic carbocycles. The Morgan fingerprint density at radius 3 is 2.76 bits per heavy atom. The number of thiazole rings is 1. The topological polar surface area (TPSA) is 24.9 Å². The maximum absolute atomic E-state index is 4.30. The minimum Gasteiger partial charge on any atom is -0.385 e. The molecule has 0 radical (unpaired) electrons. The second-order valence-electron chi connectivity index (χ2n) is 3.69. The lowest BCUT2D eigenvalue weighted by atomic mass is 10.2. The largest absolute Gasteiger partial charge is 0.385 e. The maximum atomic E-state index is 4.30. The average molecular weight is 264 g/mol. The third kappa shape index (κ3) is 3.75. The average Bonchev–Trinajstić information content (AvgIpc) is 2.89. The molecule has 1 heterocycles. The van der Waals surface area contributed by atoms with Crippen LogP contribution in [-0.4, -0.2) is 23.5 Å². The summed E-state index contributed by atoms with van der Waals surface area (Å²) < 4.78 is 0. The van der Waals surface area contributed by atoms with Crippen LogP contribution < -0.4 is 5.32 Å². The SMILES string of the molecule is CSCCCNc1ccc(-c2nccs2)cc1. The second kappa shape index (κ2) is 6.67. The molecule has 1 N–H and O–H groups in total. The monoisotopic (exact) mass is 264 g/mol. The Kier molecular flexibility index (Phi) is 4.88. The van der Waals surface area contributed by atoms with Gasteiger partial charge in [0.15, 0.2) is 0 Å². The molecule has 0 aliphatic heterocycles. The normalized spacial score (nSPS) is 10.4. The van der Waals surface area contributed by atoms with Crippen molar-refractivity contribution >= 4 is 28.8 Å². The summed E-state index contributed by atoms with van der Waals surface area (Å²) in [4.78, 5) is 4.30. The van der Waals surface area contributed by atoms with E-state index in [1.165, 1.54) is 23.4 Å². The van der Waals surface area contributed by atoms with Gasteiger partial charge in [0, 0.05) is 29.4 Å².